The molecule has 1 aliphatic heterocycles. The molecule has 1 aliphatic rings. The molecule has 2 rings (SSSR count). The first-order chi connectivity index (χ1) is 7.33. The third-order valence-electron chi connectivity index (χ3n) is 2.35. The number of nitrogens with two attached hydrogens (primary N) is 1. The van der Waals surface area contributed by atoms with E-state index in [0.717, 1.165) is 22.6 Å². The standard InChI is InChI=1S/C12H15NO2/c1-9-4-5-10(3-2-6-13)12-11(9)14-7-8-15-12/h2-5H,6-8,13H2,1H3/b3-2+. The highest BCUT2D eigenvalue weighted by Crippen LogP contribution is 2.37. The molecule has 15 heavy (non-hydrogen) atoms. The van der Waals surface area contributed by atoms with Gasteiger partial charge in [-0.3, -0.25) is 0 Å². The first-order valence-electron chi connectivity index (χ1n) is 5.08. The molecule has 80 valence electrons. The van der Waals surface area contributed by atoms with Crippen molar-refractivity contribution in [2.75, 3.05) is 19.8 Å². The Kier molecular flexibility index (Phi) is 2.92. The van der Waals surface area contributed by atoms with Crippen molar-refractivity contribution in [3.05, 3.63) is 29.3 Å². The maximum atomic E-state index is 5.62. The van der Waals surface area contributed by atoms with Crippen molar-refractivity contribution in [2.45, 2.75) is 6.92 Å². The molecule has 3 heteroatoms. The smallest absolute Gasteiger partial charge is 0.168 e. The highest BCUT2D eigenvalue weighted by molar-refractivity contribution is 5.64. The predicted molar refractivity (Wildman–Crippen MR) is 60.3 cm³/mol. The van der Waals surface area contributed by atoms with Crippen molar-refractivity contribution in [1.29, 1.82) is 0 Å². The van der Waals surface area contributed by atoms with Crippen LogP contribution in [-0.4, -0.2) is 19.8 Å². The third-order valence-corrected chi connectivity index (χ3v) is 2.35. The van der Waals surface area contributed by atoms with Crippen LogP contribution in [0.2, 0.25) is 0 Å². The number of benzene rings is 1. The molecule has 0 unspecified atom stereocenters. The summed E-state index contributed by atoms with van der Waals surface area (Å²) >= 11 is 0. The second-order valence-corrected chi connectivity index (χ2v) is 3.46. The molecular formula is C12H15NO2. The van der Waals surface area contributed by atoms with Crippen LogP contribution < -0.4 is 15.2 Å². The van der Waals surface area contributed by atoms with Gasteiger partial charge < -0.3 is 15.2 Å². The molecule has 0 saturated carbocycles. The Balaban J connectivity index is 2.43. The van der Waals surface area contributed by atoms with Gasteiger partial charge in [-0.1, -0.05) is 24.3 Å². The molecular weight excluding hydrogens is 190 g/mol. The fraction of sp³-hybridized carbons (Fsp3) is 0.333. The van der Waals surface area contributed by atoms with Crippen LogP contribution in [0.3, 0.4) is 0 Å². The molecule has 0 bridgehead atoms. The lowest BCUT2D eigenvalue weighted by Gasteiger charge is -2.21. The van der Waals surface area contributed by atoms with Crippen molar-refractivity contribution in [2.24, 2.45) is 5.73 Å². The van der Waals surface area contributed by atoms with E-state index in [0.29, 0.717) is 19.8 Å². The van der Waals surface area contributed by atoms with Crippen molar-refractivity contribution in [3.8, 4) is 11.5 Å². The van der Waals surface area contributed by atoms with Crippen LogP contribution in [0.25, 0.3) is 6.08 Å². The number of ether oxygens (including phenoxy) is 2. The summed E-state index contributed by atoms with van der Waals surface area (Å²) in [6, 6.07) is 4.05. The monoisotopic (exact) mass is 205 g/mol. The highest BCUT2D eigenvalue weighted by Gasteiger charge is 2.16. The average Bonchev–Trinajstić information content (AvgIpc) is 2.29. The van der Waals surface area contributed by atoms with Crippen LogP contribution in [0, 0.1) is 6.92 Å². The molecule has 1 heterocycles. The van der Waals surface area contributed by atoms with Crippen molar-refractivity contribution < 1.29 is 9.47 Å². The van der Waals surface area contributed by atoms with Crippen LogP contribution in [0.4, 0.5) is 0 Å². The largest absolute Gasteiger partial charge is 0.486 e. The summed E-state index contributed by atoms with van der Waals surface area (Å²) in [5, 5.41) is 0. The van der Waals surface area contributed by atoms with Gasteiger partial charge in [0.05, 0.1) is 0 Å². The summed E-state index contributed by atoms with van der Waals surface area (Å²) in [5.74, 6) is 1.70. The van der Waals surface area contributed by atoms with Gasteiger partial charge >= 0.3 is 0 Å². The minimum absolute atomic E-state index is 0.531. The first-order valence-corrected chi connectivity index (χ1v) is 5.08. The lowest BCUT2D eigenvalue weighted by atomic mass is 10.1. The summed E-state index contributed by atoms with van der Waals surface area (Å²) in [4.78, 5) is 0. The zero-order chi connectivity index (χ0) is 10.7. The molecule has 0 amide bonds. The molecule has 0 spiro atoms. The van der Waals surface area contributed by atoms with Crippen molar-refractivity contribution in [1.82, 2.24) is 0 Å². The van der Waals surface area contributed by atoms with E-state index in [1.165, 1.54) is 0 Å². The predicted octanol–water partition coefficient (Wildman–Crippen LogP) is 1.74. The van der Waals surface area contributed by atoms with Crippen LogP contribution in [-0.2, 0) is 0 Å². The topological polar surface area (TPSA) is 44.5 Å². The lowest BCUT2D eigenvalue weighted by Crippen LogP contribution is -2.16. The summed E-state index contributed by atoms with van der Waals surface area (Å²) in [7, 11) is 0. The molecule has 2 N–H and O–H groups in total. The molecule has 0 aromatic heterocycles. The van der Waals surface area contributed by atoms with E-state index < -0.39 is 0 Å². The summed E-state index contributed by atoms with van der Waals surface area (Å²) in [6.45, 7) is 3.78. The third kappa shape index (κ3) is 1.97. The molecule has 1 aromatic carbocycles. The van der Waals surface area contributed by atoms with Crippen molar-refractivity contribution in [3.63, 3.8) is 0 Å². The Labute approximate surface area is 89.5 Å². The number of fused-ring (bicyclic) bond motifs is 1. The summed E-state index contributed by atoms with van der Waals surface area (Å²) in [6.07, 6.45) is 3.87. The van der Waals surface area contributed by atoms with E-state index in [2.05, 4.69) is 0 Å². The van der Waals surface area contributed by atoms with E-state index >= 15 is 0 Å². The Bertz CT molecular complexity index is 385. The van der Waals surface area contributed by atoms with Gasteiger partial charge in [-0.2, -0.15) is 0 Å². The Morgan fingerprint density at radius 1 is 1.27 bits per heavy atom. The second-order valence-electron chi connectivity index (χ2n) is 3.46. The van der Waals surface area contributed by atoms with Gasteiger partial charge in [-0.15, -0.1) is 0 Å². The fourth-order valence-electron chi connectivity index (χ4n) is 1.62. The van der Waals surface area contributed by atoms with Gasteiger partial charge in [0.25, 0.3) is 0 Å². The molecule has 0 radical (unpaired) electrons. The number of hydrogen-bond acceptors (Lipinski definition) is 3. The maximum absolute atomic E-state index is 5.62. The van der Waals surface area contributed by atoms with Crippen molar-refractivity contribution >= 4 is 6.08 Å². The summed E-state index contributed by atoms with van der Waals surface area (Å²) in [5.41, 5.74) is 7.56. The van der Waals surface area contributed by atoms with E-state index in [-0.39, 0.29) is 0 Å². The quantitative estimate of drug-likeness (QED) is 0.799. The molecule has 0 fully saturated rings. The number of rotatable bonds is 2. The van der Waals surface area contributed by atoms with Crippen LogP contribution in [0.5, 0.6) is 11.5 Å². The Morgan fingerprint density at radius 3 is 2.73 bits per heavy atom. The molecule has 0 atom stereocenters. The van der Waals surface area contributed by atoms with E-state index in [1.54, 1.807) is 0 Å². The van der Waals surface area contributed by atoms with Gasteiger partial charge in [0, 0.05) is 12.1 Å². The number of hydrogen-bond donors (Lipinski definition) is 1. The molecule has 1 aromatic rings. The zero-order valence-corrected chi connectivity index (χ0v) is 8.82. The lowest BCUT2D eigenvalue weighted by molar-refractivity contribution is 0.170. The van der Waals surface area contributed by atoms with Gasteiger partial charge in [0.1, 0.15) is 13.2 Å². The number of aryl methyl sites for hydroxylation is 1. The molecule has 3 nitrogen and oxygen atoms in total. The van der Waals surface area contributed by atoms with Gasteiger partial charge in [-0.05, 0) is 12.5 Å². The van der Waals surface area contributed by atoms with Crippen LogP contribution in [0.15, 0.2) is 18.2 Å². The minimum atomic E-state index is 0.531. The van der Waals surface area contributed by atoms with Gasteiger partial charge in [0.15, 0.2) is 11.5 Å². The minimum Gasteiger partial charge on any atom is -0.486 e. The molecule has 0 saturated heterocycles. The Hall–Kier alpha value is -1.48. The second kappa shape index (κ2) is 4.36. The normalized spacial score (nSPS) is 14.5. The Morgan fingerprint density at radius 2 is 2.00 bits per heavy atom. The summed E-state index contributed by atoms with van der Waals surface area (Å²) < 4.78 is 11.2. The fourth-order valence-corrected chi connectivity index (χ4v) is 1.62. The molecule has 0 aliphatic carbocycles. The maximum Gasteiger partial charge on any atom is 0.168 e. The van der Waals surface area contributed by atoms with E-state index in [1.807, 2.05) is 31.2 Å². The van der Waals surface area contributed by atoms with Crippen LogP contribution >= 0.6 is 0 Å². The van der Waals surface area contributed by atoms with Gasteiger partial charge in [0.2, 0.25) is 0 Å². The SMILES string of the molecule is Cc1ccc(/C=C/CN)c2c1OCCO2. The average molecular weight is 205 g/mol. The van der Waals surface area contributed by atoms with Crippen LogP contribution in [0.1, 0.15) is 11.1 Å². The first kappa shape index (κ1) is 10.1. The highest BCUT2D eigenvalue weighted by atomic mass is 16.6. The van der Waals surface area contributed by atoms with Gasteiger partial charge in [-0.25, -0.2) is 0 Å². The zero-order valence-electron chi connectivity index (χ0n) is 8.82. The van der Waals surface area contributed by atoms with E-state index in [9.17, 15) is 0 Å². The van der Waals surface area contributed by atoms with E-state index in [4.69, 9.17) is 15.2 Å².